The monoisotopic (exact) mass is 364 g/mol. The lowest BCUT2D eigenvalue weighted by atomic mass is 9.76. The first kappa shape index (κ1) is 18.5. The molecular formula is C12H22Cl2O4S2. The van der Waals surface area contributed by atoms with Gasteiger partial charge in [0, 0.05) is 17.2 Å². The van der Waals surface area contributed by atoms with E-state index in [0.29, 0.717) is 12.8 Å². The summed E-state index contributed by atoms with van der Waals surface area (Å²) in [5, 5.41) is -0.446. The molecule has 0 aromatic carbocycles. The molecule has 20 heavy (non-hydrogen) atoms. The van der Waals surface area contributed by atoms with E-state index in [-0.39, 0.29) is 34.9 Å². The third kappa shape index (κ3) is 4.24. The molecule has 0 aromatic heterocycles. The van der Waals surface area contributed by atoms with Crippen molar-refractivity contribution in [2.24, 2.45) is 11.3 Å². The van der Waals surface area contributed by atoms with E-state index in [9.17, 15) is 16.8 Å². The first-order valence-electron chi connectivity index (χ1n) is 6.62. The lowest BCUT2D eigenvalue weighted by Crippen LogP contribution is -2.38. The highest BCUT2D eigenvalue weighted by molar-refractivity contribution is 7.92. The maximum atomic E-state index is 11.9. The Morgan fingerprint density at radius 2 is 1.80 bits per heavy atom. The van der Waals surface area contributed by atoms with Crippen molar-refractivity contribution in [2.45, 2.75) is 31.9 Å². The van der Waals surface area contributed by atoms with Gasteiger partial charge in [0.2, 0.25) is 0 Å². The van der Waals surface area contributed by atoms with Crippen LogP contribution in [0, 0.1) is 11.3 Å². The van der Waals surface area contributed by atoms with Gasteiger partial charge in [0.05, 0.1) is 22.5 Å². The van der Waals surface area contributed by atoms with Crippen LogP contribution in [0.5, 0.6) is 0 Å². The Labute approximate surface area is 132 Å². The minimum Gasteiger partial charge on any atom is -0.229 e. The van der Waals surface area contributed by atoms with Crippen LogP contribution in [0.2, 0.25) is 0 Å². The van der Waals surface area contributed by atoms with E-state index in [4.69, 9.17) is 23.2 Å². The molecule has 1 saturated heterocycles. The number of hydrogen-bond donors (Lipinski definition) is 0. The Morgan fingerprint density at radius 3 is 2.15 bits per heavy atom. The van der Waals surface area contributed by atoms with E-state index in [1.807, 2.05) is 0 Å². The summed E-state index contributed by atoms with van der Waals surface area (Å²) in [4.78, 5) is 0. The van der Waals surface area contributed by atoms with E-state index in [0.717, 1.165) is 0 Å². The lowest BCUT2D eigenvalue weighted by molar-refractivity contribution is 0.238. The fourth-order valence-electron chi connectivity index (χ4n) is 2.45. The molecule has 0 amide bonds. The van der Waals surface area contributed by atoms with Gasteiger partial charge in [0.15, 0.2) is 19.7 Å². The van der Waals surface area contributed by atoms with Crippen LogP contribution < -0.4 is 0 Å². The van der Waals surface area contributed by atoms with Crippen molar-refractivity contribution in [3.8, 4) is 0 Å². The van der Waals surface area contributed by atoms with Gasteiger partial charge in [-0.15, -0.1) is 23.2 Å². The van der Waals surface area contributed by atoms with Crippen LogP contribution in [-0.4, -0.2) is 51.1 Å². The highest BCUT2D eigenvalue weighted by atomic mass is 35.5. The van der Waals surface area contributed by atoms with Crippen LogP contribution in [-0.2, 0) is 19.7 Å². The van der Waals surface area contributed by atoms with E-state index >= 15 is 0 Å². The van der Waals surface area contributed by atoms with Gasteiger partial charge >= 0.3 is 0 Å². The number of alkyl halides is 2. The minimum atomic E-state index is -3.18. The molecule has 1 fully saturated rings. The quantitative estimate of drug-likeness (QED) is 0.648. The predicted octanol–water partition coefficient (Wildman–Crippen LogP) is 2.10. The number of sulfone groups is 2. The van der Waals surface area contributed by atoms with Gasteiger partial charge in [-0.1, -0.05) is 0 Å². The molecule has 4 nitrogen and oxygen atoms in total. The Kier molecular flexibility index (Phi) is 6.22. The number of hydrogen-bond acceptors (Lipinski definition) is 4. The topological polar surface area (TPSA) is 68.3 Å². The van der Waals surface area contributed by atoms with Gasteiger partial charge in [-0.25, -0.2) is 16.8 Å². The Balaban J connectivity index is 2.88. The average molecular weight is 365 g/mol. The maximum absolute atomic E-state index is 11.9. The van der Waals surface area contributed by atoms with Crippen LogP contribution in [0.25, 0.3) is 0 Å². The fourth-order valence-corrected chi connectivity index (χ4v) is 6.55. The summed E-state index contributed by atoms with van der Waals surface area (Å²) in [5.74, 6) is 0.429. The molecule has 0 N–H and O–H groups in total. The van der Waals surface area contributed by atoms with E-state index in [2.05, 4.69) is 0 Å². The molecule has 1 heterocycles. The molecule has 0 spiro atoms. The normalized spacial score (nSPS) is 23.4. The Hall–Kier alpha value is 0.480. The molecule has 0 saturated carbocycles. The summed E-state index contributed by atoms with van der Waals surface area (Å²) in [5.41, 5.74) is -0.616. The van der Waals surface area contributed by atoms with Crippen molar-refractivity contribution in [3.63, 3.8) is 0 Å². The van der Waals surface area contributed by atoms with Gasteiger partial charge in [0.1, 0.15) is 0 Å². The van der Waals surface area contributed by atoms with Crippen LogP contribution >= 0.6 is 23.2 Å². The predicted molar refractivity (Wildman–Crippen MR) is 84.2 cm³/mol. The van der Waals surface area contributed by atoms with Crippen molar-refractivity contribution in [2.75, 3.05) is 29.0 Å². The van der Waals surface area contributed by atoms with Crippen LogP contribution in [0.3, 0.4) is 0 Å². The van der Waals surface area contributed by atoms with Gasteiger partial charge in [-0.3, -0.25) is 0 Å². The first-order valence-corrected chi connectivity index (χ1v) is 11.2. The summed E-state index contributed by atoms with van der Waals surface area (Å²) in [7, 11) is -6.21. The van der Waals surface area contributed by atoms with Gasteiger partial charge in [-0.05, 0) is 32.6 Å². The minimum absolute atomic E-state index is 0.000649. The zero-order valence-corrected chi connectivity index (χ0v) is 15.0. The molecule has 8 heteroatoms. The van der Waals surface area contributed by atoms with Crippen molar-refractivity contribution in [1.82, 2.24) is 0 Å². The van der Waals surface area contributed by atoms with Crippen molar-refractivity contribution < 1.29 is 16.8 Å². The molecule has 0 aromatic rings. The first-order chi connectivity index (χ1) is 9.08. The molecule has 0 radical (unpaired) electrons. The summed E-state index contributed by atoms with van der Waals surface area (Å²) in [6.45, 7) is 3.27. The molecular weight excluding hydrogens is 343 g/mol. The SMILES string of the molecule is CC(C)S(=O)(=O)CCC(CCl)(CCl)C1CCS(=O)(=O)C1. The molecule has 0 bridgehead atoms. The highest BCUT2D eigenvalue weighted by Crippen LogP contribution is 2.41. The van der Waals surface area contributed by atoms with Gasteiger partial charge < -0.3 is 0 Å². The molecule has 1 unspecified atom stereocenters. The molecule has 0 aliphatic carbocycles. The molecule has 120 valence electrons. The Bertz CT molecular complexity index is 522. The molecule has 1 rings (SSSR count). The zero-order chi connectivity index (χ0) is 15.6. The van der Waals surface area contributed by atoms with E-state index < -0.39 is 30.3 Å². The third-order valence-corrected chi connectivity index (χ3v) is 9.28. The smallest absolute Gasteiger partial charge is 0.152 e. The summed E-state index contributed by atoms with van der Waals surface area (Å²) >= 11 is 12.1. The van der Waals surface area contributed by atoms with Crippen molar-refractivity contribution in [1.29, 1.82) is 0 Å². The van der Waals surface area contributed by atoms with Crippen molar-refractivity contribution in [3.05, 3.63) is 0 Å². The van der Waals surface area contributed by atoms with E-state index in [1.165, 1.54) is 0 Å². The number of rotatable bonds is 7. The number of halogens is 2. The zero-order valence-electron chi connectivity index (χ0n) is 11.8. The van der Waals surface area contributed by atoms with Crippen molar-refractivity contribution >= 4 is 42.9 Å². The summed E-state index contributed by atoms with van der Waals surface area (Å²) in [6, 6.07) is 0. The molecule has 1 aliphatic heterocycles. The van der Waals surface area contributed by atoms with Gasteiger partial charge in [0.25, 0.3) is 0 Å². The standard InChI is InChI=1S/C12H22Cl2O4S2/c1-10(2)20(17,18)6-4-12(8-13,9-14)11-3-5-19(15,16)7-11/h10-11H,3-9H2,1-2H3. The Morgan fingerprint density at radius 1 is 1.25 bits per heavy atom. The third-order valence-electron chi connectivity index (χ3n) is 4.23. The van der Waals surface area contributed by atoms with Crippen LogP contribution in [0.4, 0.5) is 0 Å². The second kappa shape index (κ2) is 6.71. The second-order valence-electron chi connectivity index (χ2n) is 5.90. The molecule has 1 atom stereocenters. The fraction of sp³-hybridized carbons (Fsp3) is 1.00. The largest absolute Gasteiger partial charge is 0.229 e. The summed E-state index contributed by atoms with van der Waals surface area (Å²) in [6.07, 6.45) is 0.837. The maximum Gasteiger partial charge on any atom is 0.152 e. The van der Waals surface area contributed by atoms with Crippen LogP contribution in [0.1, 0.15) is 26.7 Å². The summed E-state index contributed by atoms with van der Waals surface area (Å²) < 4.78 is 47.1. The average Bonchev–Trinajstić information content (AvgIpc) is 2.72. The van der Waals surface area contributed by atoms with Gasteiger partial charge in [-0.2, -0.15) is 0 Å². The second-order valence-corrected chi connectivity index (χ2v) is 11.3. The lowest BCUT2D eigenvalue weighted by Gasteiger charge is -2.35. The van der Waals surface area contributed by atoms with E-state index in [1.54, 1.807) is 13.8 Å². The molecule has 1 aliphatic rings. The van der Waals surface area contributed by atoms with Crippen LogP contribution in [0.15, 0.2) is 0 Å². The highest BCUT2D eigenvalue weighted by Gasteiger charge is 2.44.